The number of carbonyl (C=O) groups is 2. The summed E-state index contributed by atoms with van der Waals surface area (Å²) >= 11 is 0. The molecule has 0 saturated carbocycles. The second-order valence-electron chi connectivity index (χ2n) is 6.37. The molecule has 0 aliphatic carbocycles. The summed E-state index contributed by atoms with van der Waals surface area (Å²) in [6.45, 7) is 1.56. The second-order valence-corrected chi connectivity index (χ2v) is 6.37. The van der Waals surface area contributed by atoms with Gasteiger partial charge in [0.2, 0.25) is 5.91 Å². The van der Waals surface area contributed by atoms with Crippen molar-refractivity contribution >= 4 is 23.2 Å². The maximum atomic E-state index is 12.4. The van der Waals surface area contributed by atoms with E-state index in [-0.39, 0.29) is 23.5 Å². The highest BCUT2D eigenvalue weighted by atomic mass is 16.6. The van der Waals surface area contributed by atoms with Crippen molar-refractivity contribution in [1.29, 1.82) is 0 Å². The van der Waals surface area contributed by atoms with Gasteiger partial charge in [-0.15, -0.1) is 0 Å². The Morgan fingerprint density at radius 1 is 1.23 bits per heavy atom. The molecule has 0 unspecified atom stereocenters. The highest BCUT2D eigenvalue weighted by molar-refractivity contribution is 6.00. The number of carbonyl (C=O) groups excluding carboxylic acids is 2. The number of nitrogens with one attached hydrogen (secondary N) is 2. The van der Waals surface area contributed by atoms with E-state index in [0.717, 1.165) is 11.6 Å². The zero-order valence-corrected chi connectivity index (χ0v) is 16.3. The summed E-state index contributed by atoms with van der Waals surface area (Å²) in [5, 5.41) is 16.5. The van der Waals surface area contributed by atoms with Crippen LogP contribution in [-0.2, 0) is 4.79 Å². The normalized spacial score (nSPS) is 10.3. The second kappa shape index (κ2) is 8.86. The molecule has 0 saturated heterocycles. The van der Waals surface area contributed by atoms with E-state index in [2.05, 4.69) is 15.6 Å². The molecule has 3 rings (SSSR count). The molecule has 2 N–H and O–H groups in total. The van der Waals surface area contributed by atoms with Crippen LogP contribution >= 0.6 is 0 Å². The number of rotatable bonds is 7. The van der Waals surface area contributed by atoms with Crippen LogP contribution in [0.25, 0.3) is 5.69 Å². The summed E-state index contributed by atoms with van der Waals surface area (Å²) in [5.41, 5.74) is 1.50. The van der Waals surface area contributed by atoms with E-state index >= 15 is 0 Å². The average molecular weight is 409 g/mol. The predicted molar refractivity (Wildman–Crippen MR) is 109 cm³/mol. The largest absolute Gasteiger partial charge is 0.495 e. The lowest BCUT2D eigenvalue weighted by Gasteiger charge is -2.12. The summed E-state index contributed by atoms with van der Waals surface area (Å²) in [6.07, 6.45) is 4.48. The predicted octanol–water partition coefficient (Wildman–Crippen LogP) is 2.47. The fourth-order valence-corrected chi connectivity index (χ4v) is 2.81. The van der Waals surface area contributed by atoms with Crippen LogP contribution in [0.2, 0.25) is 0 Å². The van der Waals surface area contributed by atoms with Gasteiger partial charge in [-0.3, -0.25) is 19.7 Å². The van der Waals surface area contributed by atoms with Gasteiger partial charge in [0.1, 0.15) is 11.4 Å². The van der Waals surface area contributed by atoms with Crippen molar-refractivity contribution < 1.29 is 19.2 Å². The van der Waals surface area contributed by atoms with E-state index in [9.17, 15) is 19.7 Å². The third kappa shape index (κ3) is 4.61. The topological polar surface area (TPSA) is 128 Å². The molecule has 3 aromatic rings. The van der Waals surface area contributed by atoms with Crippen LogP contribution < -0.4 is 15.4 Å². The maximum Gasteiger partial charge on any atom is 0.294 e. The summed E-state index contributed by atoms with van der Waals surface area (Å²) in [5.74, 6) is -0.579. The van der Waals surface area contributed by atoms with E-state index in [0.29, 0.717) is 11.4 Å². The number of amides is 2. The number of hydrogen-bond donors (Lipinski definition) is 2. The molecule has 154 valence electrons. The van der Waals surface area contributed by atoms with Crippen molar-refractivity contribution in [3.8, 4) is 11.4 Å². The minimum absolute atomic E-state index is 0.0616. The lowest BCUT2D eigenvalue weighted by Crippen LogP contribution is -2.33. The Hall–Kier alpha value is -4.21. The monoisotopic (exact) mass is 409 g/mol. The lowest BCUT2D eigenvalue weighted by atomic mass is 10.1. The molecule has 0 aliphatic rings. The molecule has 0 radical (unpaired) electrons. The Morgan fingerprint density at radius 2 is 2.03 bits per heavy atom. The fourth-order valence-electron chi connectivity index (χ4n) is 2.81. The Labute approximate surface area is 171 Å². The molecular weight excluding hydrogens is 390 g/mol. The molecular formula is C20H19N5O5. The third-order valence-corrected chi connectivity index (χ3v) is 4.26. The molecule has 0 aliphatic heterocycles. The minimum atomic E-state index is -0.610. The zero-order chi connectivity index (χ0) is 21.7. The highest BCUT2D eigenvalue weighted by Gasteiger charge is 2.19. The van der Waals surface area contributed by atoms with Gasteiger partial charge in [-0.2, -0.15) is 0 Å². The molecule has 0 fully saturated rings. The quantitative estimate of drug-likeness (QED) is 0.456. The number of aromatic nitrogens is 2. The smallest absolute Gasteiger partial charge is 0.294 e. The van der Waals surface area contributed by atoms with Crippen molar-refractivity contribution in [2.45, 2.75) is 6.92 Å². The number of methoxy groups -OCH3 is 1. The number of nitro groups is 1. The first kappa shape index (κ1) is 20.5. The molecule has 30 heavy (non-hydrogen) atoms. The van der Waals surface area contributed by atoms with E-state index in [4.69, 9.17) is 4.74 Å². The summed E-state index contributed by atoms with van der Waals surface area (Å²) in [7, 11) is 1.49. The first-order valence-corrected chi connectivity index (χ1v) is 8.88. The van der Waals surface area contributed by atoms with Gasteiger partial charge in [0.05, 0.1) is 30.6 Å². The van der Waals surface area contributed by atoms with Crippen molar-refractivity contribution in [3.05, 3.63) is 76.4 Å². The Bertz CT molecular complexity index is 1090. The van der Waals surface area contributed by atoms with Gasteiger partial charge >= 0.3 is 0 Å². The number of nitro benzene ring substituents is 1. The van der Waals surface area contributed by atoms with Gasteiger partial charge in [0, 0.05) is 24.0 Å². The first-order chi connectivity index (χ1) is 14.4. The standard InChI is InChI=1S/C20H19N5O5/c1-13-3-6-18(30-2)15(9-13)23-19(26)11-22-20(27)14-4-5-16(17(10-14)25(28)29)24-8-7-21-12-24/h3-10,12H,11H2,1-2H3,(H,22,27)(H,23,26). The molecule has 10 nitrogen and oxygen atoms in total. The van der Waals surface area contributed by atoms with Crippen LogP contribution in [-0.4, -0.2) is 39.9 Å². The lowest BCUT2D eigenvalue weighted by molar-refractivity contribution is -0.384. The van der Waals surface area contributed by atoms with E-state index in [1.54, 1.807) is 18.3 Å². The van der Waals surface area contributed by atoms with Crippen molar-refractivity contribution in [2.75, 3.05) is 19.0 Å². The van der Waals surface area contributed by atoms with Crippen LogP contribution in [0.4, 0.5) is 11.4 Å². The highest BCUT2D eigenvalue weighted by Crippen LogP contribution is 2.25. The van der Waals surface area contributed by atoms with Gasteiger partial charge in [-0.05, 0) is 36.8 Å². The number of aryl methyl sites for hydroxylation is 1. The van der Waals surface area contributed by atoms with Crippen molar-refractivity contribution in [3.63, 3.8) is 0 Å². The van der Waals surface area contributed by atoms with Gasteiger partial charge in [0.15, 0.2) is 0 Å². The first-order valence-electron chi connectivity index (χ1n) is 8.88. The number of anilines is 1. The van der Waals surface area contributed by atoms with Crippen molar-refractivity contribution in [2.24, 2.45) is 0 Å². The van der Waals surface area contributed by atoms with Gasteiger partial charge in [0.25, 0.3) is 11.6 Å². The molecule has 0 spiro atoms. The molecule has 10 heteroatoms. The van der Waals surface area contributed by atoms with Crippen LogP contribution in [0, 0.1) is 17.0 Å². The number of imidazole rings is 1. The molecule has 0 atom stereocenters. The Balaban J connectivity index is 1.69. The zero-order valence-electron chi connectivity index (χ0n) is 16.3. The molecule has 1 heterocycles. The summed E-state index contributed by atoms with van der Waals surface area (Å²) in [4.78, 5) is 39.3. The summed E-state index contributed by atoms with van der Waals surface area (Å²) < 4.78 is 6.68. The Morgan fingerprint density at radius 3 is 2.70 bits per heavy atom. The van der Waals surface area contributed by atoms with E-state index in [1.807, 2.05) is 13.0 Å². The maximum absolute atomic E-state index is 12.4. The van der Waals surface area contributed by atoms with Gasteiger partial charge in [-0.1, -0.05) is 6.07 Å². The van der Waals surface area contributed by atoms with Crippen LogP contribution in [0.1, 0.15) is 15.9 Å². The number of nitrogens with zero attached hydrogens (tertiary/aromatic N) is 3. The third-order valence-electron chi connectivity index (χ3n) is 4.26. The fraction of sp³-hybridized carbons (Fsp3) is 0.150. The van der Waals surface area contributed by atoms with E-state index < -0.39 is 16.7 Å². The molecule has 2 aromatic carbocycles. The Kier molecular flexibility index (Phi) is 6.06. The van der Waals surface area contributed by atoms with Crippen LogP contribution in [0.5, 0.6) is 5.75 Å². The number of ether oxygens (including phenoxy) is 1. The van der Waals surface area contributed by atoms with Crippen LogP contribution in [0.15, 0.2) is 55.1 Å². The molecule has 2 amide bonds. The minimum Gasteiger partial charge on any atom is -0.495 e. The molecule has 1 aromatic heterocycles. The SMILES string of the molecule is COc1ccc(C)cc1NC(=O)CNC(=O)c1ccc(-n2ccnc2)c([N+](=O)[O-])c1. The van der Waals surface area contributed by atoms with Gasteiger partial charge in [-0.25, -0.2) is 4.98 Å². The van der Waals surface area contributed by atoms with Crippen molar-refractivity contribution in [1.82, 2.24) is 14.9 Å². The van der Waals surface area contributed by atoms with Gasteiger partial charge < -0.3 is 19.9 Å². The average Bonchev–Trinajstić information content (AvgIpc) is 3.26. The van der Waals surface area contributed by atoms with Crippen LogP contribution in [0.3, 0.4) is 0 Å². The molecule has 0 bridgehead atoms. The summed E-state index contributed by atoms with van der Waals surface area (Å²) in [6, 6.07) is 9.37. The number of hydrogen-bond acceptors (Lipinski definition) is 6. The number of benzene rings is 2. The van der Waals surface area contributed by atoms with E-state index in [1.165, 1.54) is 36.3 Å².